The Bertz CT molecular complexity index is 264. The van der Waals surface area contributed by atoms with Crippen LogP contribution < -0.4 is 5.32 Å². The first-order valence-electron chi connectivity index (χ1n) is 5.11. The van der Waals surface area contributed by atoms with Crippen LogP contribution in [-0.2, 0) is 9.59 Å². The molecule has 0 aromatic carbocycles. The molecule has 15 heavy (non-hydrogen) atoms. The maximum Gasteiger partial charge on any atom is 0.321 e. The Balaban J connectivity index is 2.77. The molecule has 0 aromatic heterocycles. The van der Waals surface area contributed by atoms with Crippen molar-refractivity contribution >= 4 is 11.9 Å². The van der Waals surface area contributed by atoms with Crippen molar-refractivity contribution in [3.8, 4) is 0 Å². The van der Waals surface area contributed by atoms with Gasteiger partial charge in [0.15, 0.2) is 0 Å². The fourth-order valence-electron chi connectivity index (χ4n) is 2.28. The van der Waals surface area contributed by atoms with Gasteiger partial charge in [-0.2, -0.15) is 0 Å². The summed E-state index contributed by atoms with van der Waals surface area (Å²) < 4.78 is 0. The van der Waals surface area contributed by atoms with E-state index in [4.69, 9.17) is 10.2 Å². The van der Waals surface area contributed by atoms with Crippen molar-refractivity contribution in [3.63, 3.8) is 0 Å². The zero-order valence-electron chi connectivity index (χ0n) is 8.93. The quantitative estimate of drug-likeness (QED) is 0.632. The number of carboxylic acid groups (broad SMARTS) is 2. The largest absolute Gasteiger partial charge is 0.481 e. The maximum absolute atomic E-state index is 10.9. The van der Waals surface area contributed by atoms with Crippen molar-refractivity contribution in [2.24, 2.45) is 17.8 Å². The van der Waals surface area contributed by atoms with E-state index in [1.807, 2.05) is 13.8 Å². The van der Waals surface area contributed by atoms with E-state index >= 15 is 0 Å². The fourth-order valence-corrected chi connectivity index (χ4v) is 2.28. The molecule has 1 heterocycles. The third-order valence-electron chi connectivity index (χ3n) is 3.08. The zero-order valence-corrected chi connectivity index (χ0v) is 8.93. The highest BCUT2D eigenvalue weighted by Gasteiger charge is 2.42. The minimum absolute atomic E-state index is 0.0766. The van der Waals surface area contributed by atoms with Gasteiger partial charge in [0, 0.05) is 0 Å². The SMILES string of the molecule is CC(C)[C@@H]1CN[C@@H](C(=O)O)[C@@H]1CC(=O)O. The molecular formula is C10H17NO4. The van der Waals surface area contributed by atoms with Gasteiger partial charge < -0.3 is 15.5 Å². The van der Waals surface area contributed by atoms with Gasteiger partial charge in [0.05, 0.1) is 6.42 Å². The molecule has 1 aliphatic heterocycles. The van der Waals surface area contributed by atoms with Crippen molar-refractivity contribution in [2.75, 3.05) is 6.54 Å². The van der Waals surface area contributed by atoms with Crippen LogP contribution in [0.2, 0.25) is 0 Å². The highest BCUT2D eigenvalue weighted by molar-refractivity contribution is 5.76. The maximum atomic E-state index is 10.9. The van der Waals surface area contributed by atoms with E-state index in [2.05, 4.69) is 5.32 Å². The van der Waals surface area contributed by atoms with E-state index in [-0.39, 0.29) is 18.3 Å². The van der Waals surface area contributed by atoms with Crippen molar-refractivity contribution < 1.29 is 19.8 Å². The topological polar surface area (TPSA) is 86.6 Å². The van der Waals surface area contributed by atoms with E-state index in [9.17, 15) is 9.59 Å². The van der Waals surface area contributed by atoms with E-state index in [1.54, 1.807) is 0 Å². The number of carboxylic acids is 2. The lowest BCUT2D eigenvalue weighted by molar-refractivity contribution is -0.142. The standard InChI is InChI=1S/C10H17NO4/c1-5(2)7-4-11-9(10(14)15)6(7)3-8(12)13/h5-7,9,11H,3-4H2,1-2H3,(H,12,13)(H,14,15)/t6-,7+,9-/m1/s1. The van der Waals surface area contributed by atoms with Gasteiger partial charge in [0.1, 0.15) is 6.04 Å². The molecule has 5 nitrogen and oxygen atoms in total. The molecule has 1 aliphatic rings. The lowest BCUT2D eigenvalue weighted by Crippen LogP contribution is -2.37. The van der Waals surface area contributed by atoms with Crippen LogP contribution in [0.15, 0.2) is 0 Å². The Morgan fingerprint density at radius 2 is 2.00 bits per heavy atom. The highest BCUT2D eigenvalue weighted by Crippen LogP contribution is 2.31. The lowest BCUT2D eigenvalue weighted by atomic mass is 9.81. The molecule has 0 aromatic rings. The first-order valence-corrected chi connectivity index (χ1v) is 5.11. The molecule has 5 heteroatoms. The van der Waals surface area contributed by atoms with E-state index < -0.39 is 18.0 Å². The average molecular weight is 215 g/mol. The number of hydrogen-bond acceptors (Lipinski definition) is 3. The van der Waals surface area contributed by atoms with Gasteiger partial charge in [-0.05, 0) is 24.3 Å². The normalized spacial score (nSPS) is 30.7. The Labute approximate surface area is 88.5 Å². The van der Waals surface area contributed by atoms with Crippen LogP contribution in [0.1, 0.15) is 20.3 Å². The van der Waals surface area contributed by atoms with Crippen LogP contribution in [-0.4, -0.2) is 34.7 Å². The summed E-state index contributed by atoms with van der Waals surface area (Å²) in [6.45, 7) is 4.57. The van der Waals surface area contributed by atoms with Gasteiger partial charge in [-0.15, -0.1) is 0 Å². The Kier molecular flexibility index (Phi) is 3.68. The number of aliphatic carboxylic acids is 2. The molecule has 0 unspecified atom stereocenters. The molecule has 0 radical (unpaired) electrons. The molecule has 1 saturated heterocycles. The van der Waals surface area contributed by atoms with Crippen molar-refractivity contribution in [1.29, 1.82) is 0 Å². The summed E-state index contributed by atoms with van der Waals surface area (Å²) >= 11 is 0. The fraction of sp³-hybridized carbons (Fsp3) is 0.800. The highest BCUT2D eigenvalue weighted by atomic mass is 16.4. The van der Waals surface area contributed by atoms with Crippen LogP contribution in [0, 0.1) is 17.8 Å². The first-order chi connectivity index (χ1) is 6.93. The molecule has 0 spiro atoms. The van der Waals surface area contributed by atoms with Crippen LogP contribution in [0.4, 0.5) is 0 Å². The van der Waals surface area contributed by atoms with Crippen LogP contribution in [0.25, 0.3) is 0 Å². The second kappa shape index (κ2) is 4.61. The monoisotopic (exact) mass is 215 g/mol. The van der Waals surface area contributed by atoms with E-state index in [0.29, 0.717) is 12.5 Å². The predicted molar refractivity (Wildman–Crippen MR) is 53.5 cm³/mol. The number of carbonyl (C=O) groups is 2. The summed E-state index contributed by atoms with van der Waals surface area (Å²) in [6, 6.07) is -0.714. The second-order valence-electron chi connectivity index (χ2n) is 4.39. The van der Waals surface area contributed by atoms with Gasteiger partial charge in [-0.3, -0.25) is 9.59 Å². The summed E-state index contributed by atoms with van der Waals surface area (Å²) in [4.78, 5) is 21.6. The van der Waals surface area contributed by atoms with Gasteiger partial charge >= 0.3 is 11.9 Å². The zero-order chi connectivity index (χ0) is 11.6. The molecule has 0 saturated carbocycles. The first kappa shape index (κ1) is 12.0. The number of rotatable bonds is 4. The molecule has 1 fully saturated rings. The Morgan fingerprint density at radius 1 is 1.40 bits per heavy atom. The summed E-state index contributed by atoms with van der Waals surface area (Å²) in [5.74, 6) is -1.77. The molecule has 86 valence electrons. The van der Waals surface area contributed by atoms with Crippen LogP contribution in [0.3, 0.4) is 0 Å². The minimum atomic E-state index is -0.954. The Morgan fingerprint density at radius 3 is 2.40 bits per heavy atom. The summed E-state index contributed by atoms with van der Waals surface area (Å²) in [7, 11) is 0. The third kappa shape index (κ3) is 2.68. The van der Waals surface area contributed by atoms with E-state index in [0.717, 1.165) is 0 Å². The van der Waals surface area contributed by atoms with Crippen molar-refractivity contribution in [1.82, 2.24) is 5.32 Å². The molecule has 0 aliphatic carbocycles. The van der Waals surface area contributed by atoms with Crippen molar-refractivity contribution in [2.45, 2.75) is 26.3 Å². The smallest absolute Gasteiger partial charge is 0.321 e. The lowest BCUT2D eigenvalue weighted by Gasteiger charge is -2.22. The van der Waals surface area contributed by atoms with Gasteiger partial charge in [-0.1, -0.05) is 13.8 Å². The van der Waals surface area contributed by atoms with E-state index in [1.165, 1.54) is 0 Å². The Hall–Kier alpha value is -1.10. The van der Waals surface area contributed by atoms with Gasteiger partial charge in [-0.25, -0.2) is 0 Å². The molecule has 0 bridgehead atoms. The van der Waals surface area contributed by atoms with Crippen molar-refractivity contribution in [3.05, 3.63) is 0 Å². The molecule has 3 N–H and O–H groups in total. The molecular weight excluding hydrogens is 198 g/mol. The molecule has 3 atom stereocenters. The predicted octanol–water partition coefficient (Wildman–Crippen LogP) is 0.406. The van der Waals surface area contributed by atoms with Gasteiger partial charge in [0.2, 0.25) is 0 Å². The van der Waals surface area contributed by atoms with Gasteiger partial charge in [0.25, 0.3) is 0 Å². The summed E-state index contributed by atoms with van der Waals surface area (Å²) in [5, 5.41) is 20.6. The molecule has 0 amide bonds. The summed E-state index contributed by atoms with van der Waals surface area (Å²) in [6.07, 6.45) is -0.0766. The number of nitrogens with one attached hydrogen (secondary N) is 1. The second-order valence-corrected chi connectivity index (χ2v) is 4.39. The van der Waals surface area contributed by atoms with Crippen LogP contribution in [0.5, 0.6) is 0 Å². The molecule has 1 rings (SSSR count). The van der Waals surface area contributed by atoms with Crippen LogP contribution >= 0.6 is 0 Å². The summed E-state index contributed by atoms with van der Waals surface area (Å²) in [5.41, 5.74) is 0. The average Bonchev–Trinajstić information content (AvgIpc) is 2.46. The third-order valence-corrected chi connectivity index (χ3v) is 3.08. The minimum Gasteiger partial charge on any atom is -0.481 e. The number of hydrogen-bond donors (Lipinski definition) is 3.